The highest BCUT2D eigenvalue weighted by Crippen LogP contribution is 2.57. The summed E-state index contributed by atoms with van der Waals surface area (Å²) in [5, 5.41) is 20.9. The summed E-state index contributed by atoms with van der Waals surface area (Å²) in [6.07, 6.45) is 0. The van der Waals surface area contributed by atoms with Gasteiger partial charge in [0, 0.05) is 17.2 Å². The van der Waals surface area contributed by atoms with Crippen LogP contribution in [0.2, 0.25) is 0 Å². The Balaban J connectivity index is 1.95. The summed E-state index contributed by atoms with van der Waals surface area (Å²) in [5.41, 5.74) is 9.61. The molecule has 6 rings (SSSR count). The molecule has 0 saturated heterocycles. The van der Waals surface area contributed by atoms with E-state index in [9.17, 15) is 10.8 Å². The van der Waals surface area contributed by atoms with E-state index in [1.165, 1.54) is 0 Å². The maximum atomic E-state index is 10.8. The van der Waals surface area contributed by atoms with Gasteiger partial charge in [-0.2, -0.15) is 0 Å². The minimum atomic E-state index is 0.384. The summed E-state index contributed by atoms with van der Waals surface area (Å²) < 4.78 is 0. The lowest BCUT2D eigenvalue weighted by atomic mass is 9.77. The summed E-state index contributed by atoms with van der Waals surface area (Å²) >= 11 is 0. The summed E-state index contributed by atoms with van der Waals surface area (Å²) in [6, 6.07) is 47.9. The van der Waals surface area contributed by atoms with Gasteiger partial charge in [0.2, 0.25) is 10.8 Å². The first-order chi connectivity index (χ1) is 19.8. The second-order valence-electron chi connectivity index (χ2n) is 9.40. The molecule has 186 valence electrons. The molecule has 0 aliphatic rings. The molecule has 0 bridgehead atoms. The topological polar surface area (TPSA) is 56.3 Å². The quantitative estimate of drug-likeness (QED) is 0.216. The Labute approximate surface area is 233 Å². The van der Waals surface area contributed by atoms with Crippen molar-refractivity contribution >= 4 is 11.4 Å². The average molecular weight is 513 g/mol. The van der Waals surface area contributed by atoms with Crippen LogP contribution in [0, 0.1) is 10.8 Å². The molecular formula is C36H24N4+2. The number of rotatable bonds is 5. The van der Waals surface area contributed by atoms with Gasteiger partial charge in [0.15, 0.2) is 9.95 Å². The van der Waals surface area contributed by atoms with Crippen molar-refractivity contribution in [1.29, 1.82) is 10.8 Å². The zero-order valence-electron chi connectivity index (χ0n) is 21.6. The van der Waals surface area contributed by atoms with Crippen molar-refractivity contribution in [2.24, 2.45) is 0 Å². The zero-order chi connectivity index (χ0) is 27.3. The lowest BCUT2D eigenvalue weighted by molar-refractivity contribution is 1.44. The van der Waals surface area contributed by atoms with Crippen molar-refractivity contribution in [3.63, 3.8) is 0 Å². The Morgan fingerprint density at radius 2 is 0.675 bits per heavy atom. The fraction of sp³-hybridized carbons (Fsp3) is 0. The van der Waals surface area contributed by atoms with E-state index in [-0.39, 0.29) is 0 Å². The number of nitrogens with zero attached hydrogens (tertiary/aromatic N) is 4. The summed E-state index contributed by atoms with van der Waals surface area (Å²) in [7, 11) is 0. The van der Waals surface area contributed by atoms with Gasteiger partial charge in [0.1, 0.15) is 0 Å². The Morgan fingerprint density at radius 1 is 0.325 bits per heavy atom. The van der Waals surface area contributed by atoms with Crippen molar-refractivity contribution in [2.75, 3.05) is 0 Å². The van der Waals surface area contributed by atoms with Gasteiger partial charge in [0.25, 0.3) is 0 Å². The predicted molar refractivity (Wildman–Crippen MR) is 163 cm³/mol. The number of diazo groups is 2. The lowest BCUT2D eigenvalue weighted by Gasteiger charge is -2.22. The summed E-state index contributed by atoms with van der Waals surface area (Å²) in [6.45, 7) is 0. The molecule has 0 N–H and O–H groups in total. The standard InChI is InChI=1S/C36H24N4/c37-39-30-24-14-13-23-29(30)35-33(27-19-9-3-10-20-27)31(25-15-5-1-6-16-25)32(26-17-7-2-8-18-26)34(36(35)40-38)28-21-11-4-12-22-28/h1-24H/q+2. The summed E-state index contributed by atoms with van der Waals surface area (Å²) in [5.74, 6) is 0. The van der Waals surface area contributed by atoms with Crippen LogP contribution in [0.1, 0.15) is 0 Å². The molecule has 0 heterocycles. The highest BCUT2D eigenvalue weighted by atomic mass is 14.9. The third kappa shape index (κ3) is 4.31. The first kappa shape index (κ1) is 24.5. The fourth-order valence-corrected chi connectivity index (χ4v) is 5.44. The highest BCUT2D eigenvalue weighted by molar-refractivity contribution is 6.15. The molecule has 0 spiro atoms. The Bertz CT molecular complexity index is 1890. The molecule has 0 unspecified atom stereocenters. The molecule has 4 heteroatoms. The van der Waals surface area contributed by atoms with E-state index >= 15 is 0 Å². The number of hydrogen-bond donors (Lipinski definition) is 0. The van der Waals surface area contributed by atoms with Gasteiger partial charge < -0.3 is 0 Å². The smallest absolute Gasteiger partial charge is 0.0622 e. The van der Waals surface area contributed by atoms with Gasteiger partial charge in [-0.1, -0.05) is 133 Å². The van der Waals surface area contributed by atoms with Crippen LogP contribution in [0.5, 0.6) is 0 Å². The number of benzene rings is 6. The molecule has 0 aromatic heterocycles. The molecule has 40 heavy (non-hydrogen) atoms. The summed E-state index contributed by atoms with van der Waals surface area (Å²) in [4.78, 5) is 7.60. The van der Waals surface area contributed by atoms with E-state index in [4.69, 9.17) is 0 Å². The molecule has 0 atom stereocenters. The lowest BCUT2D eigenvalue weighted by Crippen LogP contribution is -1.99. The predicted octanol–water partition coefficient (Wildman–Crippen LogP) is 11.0. The van der Waals surface area contributed by atoms with Crippen molar-refractivity contribution in [1.82, 2.24) is 0 Å². The second kappa shape index (κ2) is 10.9. The average Bonchev–Trinajstić information content (AvgIpc) is 3.05. The zero-order valence-corrected chi connectivity index (χ0v) is 21.6. The minimum Gasteiger partial charge on any atom is -0.0622 e. The van der Waals surface area contributed by atoms with E-state index < -0.39 is 0 Å². The van der Waals surface area contributed by atoms with Crippen LogP contribution in [-0.4, -0.2) is 0 Å². The molecule has 6 aromatic rings. The van der Waals surface area contributed by atoms with E-state index in [1.807, 2.05) is 103 Å². The van der Waals surface area contributed by atoms with Gasteiger partial charge in [-0.05, 0) is 33.9 Å². The monoisotopic (exact) mass is 512 g/mol. The van der Waals surface area contributed by atoms with Crippen LogP contribution in [0.25, 0.3) is 65.6 Å². The SMILES string of the molecule is N#[N+]c1ccccc1-c1c([N+]#N)c(-c2ccccc2)c(-c2ccccc2)c(-c2ccccc2)c1-c1ccccc1. The Hall–Kier alpha value is -5.84. The van der Waals surface area contributed by atoms with Gasteiger partial charge in [-0.3, -0.25) is 0 Å². The van der Waals surface area contributed by atoms with Gasteiger partial charge in [-0.15, -0.1) is 0 Å². The fourth-order valence-electron chi connectivity index (χ4n) is 5.44. The molecule has 0 radical (unpaired) electrons. The molecule has 0 aliphatic carbocycles. The molecular weight excluding hydrogens is 488 g/mol. The molecule has 0 fully saturated rings. The third-order valence-electron chi connectivity index (χ3n) is 7.10. The normalized spacial score (nSPS) is 10.4. The largest absolute Gasteiger partial charge is 0.402 e. The Morgan fingerprint density at radius 3 is 1.10 bits per heavy atom. The number of hydrogen-bond acceptors (Lipinski definition) is 2. The van der Waals surface area contributed by atoms with E-state index in [0.717, 1.165) is 44.5 Å². The van der Waals surface area contributed by atoms with Gasteiger partial charge in [-0.25, -0.2) is 0 Å². The van der Waals surface area contributed by atoms with Gasteiger partial charge >= 0.3 is 11.4 Å². The van der Waals surface area contributed by atoms with Gasteiger partial charge in [0.05, 0.1) is 16.7 Å². The molecule has 4 nitrogen and oxygen atoms in total. The van der Waals surface area contributed by atoms with Crippen LogP contribution in [-0.2, 0) is 0 Å². The van der Waals surface area contributed by atoms with Crippen LogP contribution < -0.4 is 0 Å². The van der Waals surface area contributed by atoms with Crippen LogP contribution >= 0.6 is 0 Å². The van der Waals surface area contributed by atoms with Crippen molar-refractivity contribution in [3.8, 4) is 55.6 Å². The Kier molecular flexibility index (Phi) is 6.66. The van der Waals surface area contributed by atoms with Crippen molar-refractivity contribution < 1.29 is 0 Å². The maximum Gasteiger partial charge on any atom is 0.402 e. The minimum absolute atomic E-state index is 0.384. The highest BCUT2D eigenvalue weighted by Gasteiger charge is 2.37. The van der Waals surface area contributed by atoms with E-state index in [2.05, 4.69) is 46.4 Å². The second-order valence-corrected chi connectivity index (χ2v) is 9.40. The maximum absolute atomic E-state index is 10.8. The molecule has 0 saturated carbocycles. The van der Waals surface area contributed by atoms with Crippen LogP contribution in [0.15, 0.2) is 146 Å². The van der Waals surface area contributed by atoms with E-state index in [1.54, 1.807) is 6.07 Å². The van der Waals surface area contributed by atoms with Crippen molar-refractivity contribution in [2.45, 2.75) is 0 Å². The molecule has 0 aliphatic heterocycles. The van der Waals surface area contributed by atoms with E-state index in [0.29, 0.717) is 22.5 Å². The molecule has 6 aromatic carbocycles. The van der Waals surface area contributed by atoms with Crippen LogP contribution in [0.3, 0.4) is 0 Å². The molecule has 0 amide bonds. The van der Waals surface area contributed by atoms with Crippen molar-refractivity contribution in [3.05, 3.63) is 156 Å². The third-order valence-corrected chi connectivity index (χ3v) is 7.10. The first-order valence-electron chi connectivity index (χ1n) is 13.1. The van der Waals surface area contributed by atoms with Crippen LogP contribution in [0.4, 0.5) is 11.4 Å². The first-order valence-corrected chi connectivity index (χ1v) is 13.1.